The minimum absolute atomic E-state index is 0.318. The summed E-state index contributed by atoms with van der Waals surface area (Å²) >= 11 is 0. The first-order chi connectivity index (χ1) is 37.4. The molecule has 4 N–H and O–H groups in total. The van der Waals surface area contributed by atoms with Crippen molar-refractivity contribution < 1.29 is 38.0 Å². The van der Waals surface area contributed by atoms with Crippen LogP contribution in [0.25, 0.3) is 0 Å². The van der Waals surface area contributed by atoms with Gasteiger partial charge in [-0.25, -0.2) is 10.9 Å². The van der Waals surface area contributed by atoms with E-state index < -0.39 is 0 Å². The van der Waals surface area contributed by atoms with Gasteiger partial charge in [-0.3, -0.25) is 20.4 Å². The van der Waals surface area contributed by atoms with E-state index in [9.17, 15) is 9.59 Å². The predicted octanol–water partition coefficient (Wildman–Crippen LogP) is 17.3. The molecule has 12 nitrogen and oxygen atoms in total. The van der Waals surface area contributed by atoms with E-state index in [0.29, 0.717) is 98.4 Å². The molecule has 0 fully saturated rings. The highest BCUT2D eigenvalue weighted by molar-refractivity contribution is 5.96. The summed E-state index contributed by atoms with van der Waals surface area (Å²) in [5, 5.41) is 0. The maximum absolute atomic E-state index is 13.8. The molecule has 0 spiro atoms. The van der Waals surface area contributed by atoms with Crippen LogP contribution < -0.4 is 50.1 Å². The lowest BCUT2D eigenvalue weighted by atomic mass is 10.1. The normalized spacial score (nSPS) is 11.2. The van der Waals surface area contributed by atoms with E-state index in [1.54, 1.807) is 24.3 Å². The van der Waals surface area contributed by atoms with E-state index in [1.807, 2.05) is 0 Å². The first-order valence-electron chi connectivity index (χ1n) is 31.6. The Morgan fingerprint density at radius 3 is 0.711 bits per heavy atom. The fourth-order valence-corrected chi connectivity index (χ4v) is 9.06. The van der Waals surface area contributed by atoms with Crippen LogP contribution in [0.5, 0.6) is 34.5 Å². The van der Waals surface area contributed by atoms with Crippen LogP contribution in [0.4, 0.5) is 0 Å². The number of hydrogen-bond acceptors (Lipinski definition) is 10. The topological polar surface area (TPSA) is 138 Å². The summed E-state index contributed by atoms with van der Waals surface area (Å²) in [4.78, 5) is 27.6. The molecule has 0 aliphatic heterocycles. The Kier molecular flexibility index (Phi) is 44.3. The van der Waals surface area contributed by atoms with Crippen molar-refractivity contribution in [1.82, 2.24) is 21.7 Å². The van der Waals surface area contributed by atoms with Gasteiger partial charge in [-0.15, -0.1) is 0 Å². The third-order valence-electron chi connectivity index (χ3n) is 13.9. The van der Waals surface area contributed by atoms with Crippen LogP contribution in [-0.2, 0) is 0 Å². The highest BCUT2D eigenvalue weighted by atomic mass is 16.5. The number of rotatable bonds is 55. The zero-order chi connectivity index (χ0) is 54.8. The van der Waals surface area contributed by atoms with Crippen molar-refractivity contribution in [1.29, 1.82) is 0 Å². The first kappa shape index (κ1) is 68.2. The molecular weight excluding hydrogens is 953 g/mol. The molecule has 2 rings (SSSR count). The van der Waals surface area contributed by atoms with Gasteiger partial charge >= 0.3 is 0 Å². The van der Waals surface area contributed by atoms with Gasteiger partial charge in [0.1, 0.15) is 0 Å². The van der Waals surface area contributed by atoms with Gasteiger partial charge in [-0.1, -0.05) is 234 Å². The highest BCUT2D eigenvalue weighted by Crippen LogP contribution is 2.41. The number of amides is 2. The highest BCUT2D eigenvalue weighted by Gasteiger charge is 2.21. The van der Waals surface area contributed by atoms with Gasteiger partial charge in [-0.05, 0) is 62.8 Å². The van der Waals surface area contributed by atoms with Crippen molar-refractivity contribution in [3.8, 4) is 34.5 Å². The molecule has 0 bridgehead atoms. The van der Waals surface area contributed by atoms with Crippen LogP contribution in [0.2, 0.25) is 0 Å². The third kappa shape index (κ3) is 34.1. The molecule has 0 radical (unpaired) electrons. The Morgan fingerprint density at radius 2 is 0.487 bits per heavy atom. The minimum Gasteiger partial charge on any atom is -0.490 e. The second kappa shape index (κ2) is 49.4. The van der Waals surface area contributed by atoms with Gasteiger partial charge in [0.2, 0.25) is 11.5 Å². The lowest BCUT2D eigenvalue weighted by Gasteiger charge is -2.19. The van der Waals surface area contributed by atoms with E-state index in [0.717, 1.165) is 77.0 Å². The van der Waals surface area contributed by atoms with Crippen molar-refractivity contribution in [2.24, 2.45) is 0 Å². The average molecular weight is 1070 g/mol. The maximum atomic E-state index is 13.8. The van der Waals surface area contributed by atoms with Gasteiger partial charge in [0.25, 0.3) is 11.8 Å². The number of benzene rings is 2. The molecule has 0 aliphatic carbocycles. The fourth-order valence-electron chi connectivity index (χ4n) is 9.06. The maximum Gasteiger partial charge on any atom is 0.265 e. The van der Waals surface area contributed by atoms with E-state index in [-0.39, 0.29) is 11.8 Å². The Labute approximate surface area is 465 Å². The molecule has 0 aliphatic rings. The molecule has 2 aromatic carbocycles. The standard InChI is InChI=1S/C64H114N4O8/c1-7-13-19-25-31-37-45-71-57-51-55(52-58(72-46-38-32-26-20-14-8-2)61(57)75-49-41-35-29-23-17-11-5)63(69)67-65-43-44-66-68-64(70)56-53-59(73-47-39-33-27-21-15-9-3)62(76-50-42-36-30-24-18-12-6)60(54-56)74-48-40-34-28-22-16-10-4/h51-54,65-66H,7-50H2,1-6H3,(H,67,69)(H,68,70). The number of carbonyl (C=O) groups excluding carboxylic acids is 2. The number of ether oxygens (including phenoxy) is 6. The molecule has 2 aromatic rings. The molecule has 438 valence electrons. The van der Waals surface area contributed by atoms with Gasteiger partial charge in [0.05, 0.1) is 39.6 Å². The quantitative estimate of drug-likeness (QED) is 0.0374. The monoisotopic (exact) mass is 1070 g/mol. The van der Waals surface area contributed by atoms with Crippen molar-refractivity contribution in [2.45, 2.75) is 273 Å². The van der Waals surface area contributed by atoms with E-state index in [2.05, 4.69) is 63.2 Å². The van der Waals surface area contributed by atoms with Crippen LogP contribution in [0.15, 0.2) is 24.3 Å². The molecule has 0 aromatic heterocycles. The smallest absolute Gasteiger partial charge is 0.265 e. The molecule has 12 heteroatoms. The van der Waals surface area contributed by atoms with Gasteiger partial charge in [-0.2, -0.15) is 0 Å². The van der Waals surface area contributed by atoms with Crippen LogP contribution >= 0.6 is 0 Å². The summed E-state index contributed by atoms with van der Waals surface area (Å²) in [5.74, 6) is 2.69. The number of nitrogens with one attached hydrogen (secondary N) is 4. The lowest BCUT2D eigenvalue weighted by molar-refractivity contribution is 0.0915. The van der Waals surface area contributed by atoms with Crippen LogP contribution in [0.3, 0.4) is 0 Å². The third-order valence-corrected chi connectivity index (χ3v) is 13.9. The van der Waals surface area contributed by atoms with E-state index >= 15 is 0 Å². The van der Waals surface area contributed by atoms with Crippen molar-refractivity contribution >= 4 is 11.8 Å². The van der Waals surface area contributed by atoms with Crippen molar-refractivity contribution in [2.75, 3.05) is 52.7 Å². The van der Waals surface area contributed by atoms with Crippen molar-refractivity contribution in [3.05, 3.63) is 35.4 Å². The summed E-state index contributed by atoms with van der Waals surface area (Å²) < 4.78 is 38.7. The second-order valence-electron chi connectivity index (χ2n) is 21.1. The van der Waals surface area contributed by atoms with Gasteiger partial charge in [0.15, 0.2) is 23.0 Å². The summed E-state index contributed by atoms with van der Waals surface area (Å²) in [6.45, 7) is 17.3. The number of hydrogen-bond donors (Lipinski definition) is 4. The Hall–Kier alpha value is -3.90. The SMILES string of the molecule is CCCCCCCCOc1cc(C(=O)NNCCNNC(=O)c2cc(OCCCCCCCC)c(OCCCCCCCC)c(OCCCCCCCC)c2)cc(OCCCCCCCC)c1OCCCCCCCC. The summed E-state index contributed by atoms with van der Waals surface area (Å²) in [6, 6.07) is 7.12. The average Bonchev–Trinajstić information content (AvgIpc) is 3.43. The Balaban J connectivity index is 2.20. The van der Waals surface area contributed by atoms with Crippen LogP contribution in [0.1, 0.15) is 293 Å². The Morgan fingerprint density at radius 1 is 0.289 bits per heavy atom. The zero-order valence-electron chi connectivity index (χ0n) is 49.7. The number of hydrazine groups is 2. The van der Waals surface area contributed by atoms with Crippen molar-refractivity contribution in [3.63, 3.8) is 0 Å². The number of carbonyl (C=O) groups is 2. The zero-order valence-corrected chi connectivity index (χ0v) is 49.7. The minimum atomic E-state index is -0.318. The predicted molar refractivity (Wildman–Crippen MR) is 317 cm³/mol. The molecule has 2 amide bonds. The second-order valence-corrected chi connectivity index (χ2v) is 21.1. The van der Waals surface area contributed by atoms with Gasteiger partial charge < -0.3 is 28.4 Å². The summed E-state index contributed by atoms with van der Waals surface area (Å²) in [5.41, 5.74) is 12.6. The van der Waals surface area contributed by atoms with Crippen LogP contribution in [-0.4, -0.2) is 64.5 Å². The van der Waals surface area contributed by atoms with Gasteiger partial charge in [0, 0.05) is 24.2 Å². The Bertz CT molecular complexity index is 1490. The molecule has 0 saturated heterocycles. The molecule has 76 heavy (non-hydrogen) atoms. The lowest BCUT2D eigenvalue weighted by Crippen LogP contribution is -2.45. The summed E-state index contributed by atoms with van der Waals surface area (Å²) in [7, 11) is 0. The molecular formula is C64H114N4O8. The molecule has 0 atom stereocenters. The fraction of sp³-hybridized carbons (Fsp3) is 0.781. The van der Waals surface area contributed by atoms with E-state index in [1.165, 1.54) is 154 Å². The van der Waals surface area contributed by atoms with Crippen LogP contribution in [0, 0.1) is 0 Å². The van der Waals surface area contributed by atoms with E-state index in [4.69, 9.17) is 28.4 Å². The number of unbranched alkanes of at least 4 members (excludes halogenated alkanes) is 30. The molecule has 0 heterocycles. The molecule has 0 saturated carbocycles. The summed E-state index contributed by atoms with van der Waals surface area (Å²) in [6.07, 6.45) is 41.6. The first-order valence-corrected chi connectivity index (χ1v) is 31.6. The largest absolute Gasteiger partial charge is 0.490 e. The molecule has 0 unspecified atom stereocenters.